The minimum absolute atomic E-state index is 0.0938. The third kappa shape index (κ3) is 6.94. The number of piperidine rings is 1. The van der Waals surface area contributed by atoms with Crippen molar-refractivity contribution in [1.82, 2.24) is 10.2 Å². The lowest BCUT2D eigenvalue weighted by Crippen LogP contribution is -2.42. The van der Waals surface area contributed by atoms with Crippen molar-refractivity contribution in [1.29, 1.82) is 0 Å². The molecule has 2 aromatic rings. The number of carbonyl (C=O) groups is 2. The fraction of sp³-hybridized carbons (Fsp3) is 0.286. The van der Waals surface area contributed by atoms with Gasteiger partial charge < -0.3 is 15.5 Å². The van der Waals surface area contributed by atoms with Gasteiger partial charge in [0.25, 0.3) is 11.8 Å². The molecule has 2 N–H and O–H groups in total. The van der Waals surface area contributed by atoms with Crippen LogP contribution in [0.4, 0.5) is 5.69 Å². The first-order valence-corrected chi connectivity index (χ1v) is 11.5. The normalized spacial score (nSPS) is 14.8. The van der Waals surface area contributed by atoms with E-state index in [1.54, 1.807) is 18.2 Å². The highest BCUT2D eigenvalue weighted by Gasteiger charge is 2.23. The summed E-state index contributed by atoms with van der Waals surface area (Å²) in [6.45, 7) is 9.18. The first kappa shape index (κ1) is 24.1. The molecule has 1 aliphatic rings. The number of nitrogens with zero attached hydrogens (tertiary/aromatic N) is 1. The number of allylic oxidation sites excluding steroid dienone is 4. The van der Waals surface area contributed by atoms with Crippen LogP contribution in [0.2, 0.25) is 0 Å². The third-order valence-electron chi connectivity index (χ3n) is 5.63. The second-order valence-corrected chi connectivity index (χ2v) is 8.28. The van der Waals surface area contributed by atoms with Gasteiger partial charge in [-0.3, -0.25) is 9.59 Å². The van der Waals surface area contributed by atoms with Gasteiger partial charge in [0.2, 0.25) is 0 Å². The fourth-order valence-corrected chi connectivity index (χ4v) is 3.89. The zero-order chi connectivity index (χ0) is 23.6. The van der Waals surface area contributed by atoms with Crippen LogP contribution in [0.5, 0.6) is 0 Å². The molecule has 1 heterocycles. The maximum atomic E-state index is 12.8. The molecule has 0 aliphatic carbocycles. The second kappa shape index (κ2) is 11.9. The number of carbonyl (C=O) groups excluding carboxylic acids is 2. The molecule has 2 amide bonds. The van der Waals surface area contributed by atoms with Crippen molar-refractivity contribution in [2.75, 3.05) is 18.4 Å². The number of anilines is 1. The van der Waals surface area contributed by atoms with Gasteiger partial charge in [-0.05, 0) is 68.7 Å². The third-order valence-corrected chi connectivity index (χ3v) is 5.63. The Morgan fingerprint density at radius 1 is 1.09 bits per heavy atom. The highest BCUT2D eigenvalue weighted by Crippen LogP contribution is 2.20. The standard InChI is InChI=1S/C28H33N3O2/c1-4-6-13-24(9-5-2)30-27(32)22-11-8-14-26(20-22)29-25-15-17-31(18-16-25)28(33)23-12-7-10-21(3)19-23/h5-14,19-20,25,29H,2,4,15-18H2,1,3H3,(H,30,32)/b13-6-,24-9+. The lowest BCUT2D eigenvalue weighted by Gasteiger charge is -2.33. The van der Waals surface area contributed by atoms with Crippen LogP contribution in [-0.4, -0.2) is 35.8 Å². The van der Waals surface area contributed by atoms with Crippen LogP contribution in [0.25, 0.3) is 0 Å². The van der Waals surface area contributed by atoms with Crippen LogP contribution in [-0.2, 0) is 0 Å². The van der Waals surface area contributed by atoms with Crippen molar-refractivity contribution in [2.24, 2.45) is 0 Å². The molecule has 0 unspecified atom stereocenters. The summed E-state index contributed by atoms with van der Waals surface area (Å²) < 4.78 is 0. The van der Waals surface area contributed by atoms with E-state index < -0.39 is 0 Å². The summed E-state index contributed by atoms with van der Waals surface area (Å²) in [5.74, 6) is -0.0672. The van der Waals surface area contributed by atoms with Crippen molar-refractivity contribution in [3.63, 3.8) is 0 Å². The Morgan fingerprint density at radius 3 is 2.52 bits per heavy atom. The van der Waals surface area contributed by atoms with Gasteiger partial charge in [-0.2, -0.15) is 0 Å². The number of hydrogen-bond donors (Lipinski definition) is 2. The largest absolute Gasteiger partial charge is 0.382 e. The zero-order valence-electron chi connectivity index (χ0n) is 19.5. The molecule has 0 radical (unpaired) electrons. The summed E-state index contributed by atoms with van der Waals surface area (Å²) in [6, 6.07) is 15.5. The van der Waals surface area contributed by atoms with Gasteiger partial charge in [0.05, 0.1) is 0 Å². The number of likely N-dealkylation sites (tertiary alicyclic amines) is 1. The monoisotopic (exact) mass is 443 g/mol. The van der Waals surface area contributed by atoms with Gasteiger partial charge in [-0.25, -0.2) is 0 Å². The molecule has 3 rings (SSSR count). The Hall–Kier alpha value is -3.60. The molecular formula is C28H33N3O2. The molecule has 0 bridgehead atoms. The molecule has 0 aromatic heterocycles. The number of hydrogen-bond acceptors (Lipinski definition) is 3. The molecular weight excluding hydrogens is 410 g/mol. The summed E-state index contributed by atoms with van der Waals surface area (Å²) in [6.07, 6.45) is 9.92. The van der Waals surface area contributed by atoms with Crippen LogP contribution in [0, 0.1) is 6.92 Å². The van der Waals surface area contributed by atoms with Crippen molar-refractivity contribution in [3.8, 4) is 0 Å². The second-order valence-electron chi connectivity index (χ2n) is 8.28. The number of aryl methyl sites for hydroxylation is 1. The predicted molar refractivity (Wildman–Crippen MR) is 135 cm³/mol. The maximum Gasteiger partial charge on any atom is 0.255 e. The van der Waals surface area contributed by atoms with Crippen LogP contribution < -0.4 is 10.6 Å². The van der Waals surface area contributed by atoms with Crippen molar-refractivity contribution >= 4 is 17.5 Å². The number of benzene rings is 2. The van der Waals surface area contributed by atoms with Gasteiger partial charge in [0.1, 0.15) is 0 Å². The Morgan fingerprint density at radius 2 is 1.82 bits per heavy atom. The number of nitrogens with one attached hydrogen (secondary N) is 2. The molecule has 1 aliphatic heterocycles. The van der Waals surface area contributed by atoms with E-state index in [2.05, 4.69) is 17.2 Å². The summed E-state index contributed by atoms with van der Waals surface area (Å²) >= 11 is 0. The summed E-state index contributed by atoms with van der Waals surface area (Å²) in [5, 5.41) is 6.46. The molecule has 2 aromatic carbocycles. The molecule has 1 saturated heterocycles. The van der Waals surface area contributed by atoms with Gasteiger partial charge in [-0.15, -0.1) is 0 Å². The minimum Gasteiger partial charge on any atom is -0.382 e. The average molecular weight is 444 g/mol. The molecule has 33 heavy (non-hydrogen) atoms. The van der Waals surface area contributed by atoms with E-state index in [1.807, 2.05) is 73.4 Å². The van der Waals surface area contributed by atoms with Crippen LogP contribution in [0.15, 0.2) is 85.1 Å². The zero-order valence-corrected chi connectivity index (χ0v) is 19.5. The summed E-state index contributed by atoms with van der Waals surface area (Å²) in [5.41, 5.74) is 4.05. The summed E-state index contributed by atoms with van der Waals surface area (Å²) in [7, 11) is 0. The molecule has 0 saturated carbocycles. The van der Waals surface area contributed by atoms with E-state index in [4.69, 9.17) is 0 Å². The molecule has 5 heteroatoms. The van der Waals surface area contributed by atoms with E-state index in [9.17, 15) is 9.59 Å². The van der Waals surface area contributed by atoms with Crippen LogP contribution in [0.3, 0.4) is 0 Å². The van der Waals surface area contributed by atoms with E-state index in [-0.39, 0.29) is 17.9 Å². The lowest BCUT2D eigenvalue weighted by molar-refractivity contribution is 0.0718. The smallest absolute Gasteiger partial charge is 0.255 e. The fourth-order valence-electron chi connectivity index (χ4n) is 3.89. The van der Waals surface area contributed by atoms with Crippen molar-refractivity contribution in [3.05, 3.63) is 102 Å². The maximum absolute atomic E-state index is 12.8. The minimum atomic E-state index is -0.161. The highest BCUT2D eigenvalue weighted by atomic mass is 16.2. The van der Waals surface area contributed by atoms with Crippen LogP contribution >= 0.6 is 0 Å². The van der Waals surface area contributed by atoms with Gasteiger partial charge in [0, 0.05) is 41.6 Å². The van der Waals surface area contributed by atoms with Gasteiger partial charge >= 0.3 is 0 Å². The lowest BCUT2D eigenvalue weighted by atomic mass is 10.0. The van der Waals surface area contributed by atoms with Gasteiger partial charge in [-0.1, -0.05) is 49.4 Å². The van der Waals surface area contributed by atoms with E-state index in [0.717, 1.165) is 36.1 Å². The Bertz CT molecular complexity index is 1050. The molecule has 0 spiro atoms. The molecule has 5 nitrogen and oxygen atoms in total. The first-order chi connectivity index (χ1) is 16.0. The van der Waals surface area contributed by atoms with Crippen molar-refractivity contribution < 1.29 is 9.59 Å². The number of rotatable bonds is 8. The van der Waals surface area contributed by atoms with E-state index in [0.29, 0.717) is 24.4 Å². The highest BCUT2D eigenvalue weighted by molar-refractivity contribution is 5.96. The van der Waals surface area contributed by atoms with E-state index >= 15 is 0 Å². The Labute approximate surface area is 196 Å². The predicted octanol–water partition coefficient (Wildman–Crippen LogP) is 5.48. The quantitative estimate of drug-likeness (QED) is 0.531. The average Bonchev–Trinajstić information content (AvgIpc) is 2.83. The SMILES string of the molecule is C=C/C=C(\C=C/CC)NC(=O)c1cccc(NC2CCN(C(=O)c3cccc(C)c3)CC2)c1. The summed E-state index contributed by atoms with van der Waals surface area (Å²) in [4.78, 5) is 27.4. The van der Waals surface area contributed by atoms with E-state index in [1.165, 1.54) is 0 Å². The van der Waals surface area contributed by atoms with Crippen molar-refractivity contribution in [2.45, 2.75) is 39.2 Å². The number of amides is 2. The molecule has 172 valence electrons. The van der Waals surface area contributed by atoms with Gasteiger partial charge in [0.15, 0.2) is 0 Å². The Kier molecular flexibility index (Phi) is 8.64. The molecule has 0 atom stereocenters. The topological polar surface area (TPSA) is 61.4 Å². The van der Waals surface area contributed by atoms with Crippen LogP contribution in [0.1, 0.15) is 52.5 Å². The molecule has 1 fully saturated rings. The first-order valence-electron chi connectivity index (χ1n) is 11.5. The Balaban J connectivity index is 1.57.